The molecule has 0 fully saturated rings. The van der Waals surface area contributed by atoms with Gasteiger partial charge in [-0.25, -0.2) is 9.78 Å². The molecule has 0 atom stereocenters. The van der Waals surface area contributed by atoms with Gasteiger partial charge in [-0.15, -0.1) is 22.9 Å². The van der Waals surface area contributed by atoms with Crippen molar-refractivity contribution in [1.29, 1.82) is 0 Å². The van der Waals surface area contributed by atoms with Crippen molar-refractivity contribution in [3.05, 3.63) is 21.7 Å². The third-order valence-corrected chi connectivity index (χ3v) is 2.87. The van der Waals surface area contributed by atoms with Crippen molar-refractivity contribution in [3.63, 3.8) is 0 Å². The van der Waals surface area contributed by atoms with Crippen LogP contribution in [0.25, 0.3) is 6.08 Å². The van der Waals surface area contributed by atoms with Gasteiger partial charge in [0.1, 0.15) is 9.88 Å². The van der Waals surface area contributed by atoms with E-state index in [1.807, 2.05) is 6.08 Å². The first kappa shape index (κ1) is 11.2. The van der Waals surface area contributed by atoms with Gasteiger partial charge in [-0.05, 0) is 19.4 Å². The Morgan fingerprint density at radius 1 is 1.71 bits per heavy atom. The van der Waals surface area contributed by atoms with E-state index in [1.165, 1.54) is 11.3 Å². The highest BCUT2D eigenvalue weighted by Crippen LogP contribution is 2.19. The van der Waals surface area contributed by atoms with Gasteiger partial charge < -0.3 is 5.11 Å². The van der Waals surface area contributed by atoms with Gasteiger partial charge in [0, 0.05) is 5.88 Å². The summed E-state index contributed by atoms with van der Waals surface area (Å²) in [7, 11) is 0. The number of alkyl halides is 1. The van der Waals surface area contributed by atoms with E-state index in [-0.39, 0.29) is 0 Å². The molecule has 76 valence electrons. The molecule has 0 amide bonds. The first-order chi connectivity index (χ1) is 6.65. The zero-order valence-corrected chi connectivity index (χ0v) is 9.23. The summed E-state index contributed by atoms with van der Waals surface area (Å²) in [5.41, 5.74) is 0.563. The molecule has 0 saturated heterocycles. The zero-order chi connectivity index (χ0) is 10.6. The van der Waals surface area contributed by atoms with Crippen molar-refractivity contribution in [2.75, 3.05) is 5.88 Å². The van der Waals surface area contributed by atoms with Gasteiger partial charge >= 0.3 is 5.97 Å². The molecule has 1 aromatic rings. The SMILES string of the molecule is Cc1nc(C=CCCCl)sc1C(=O)O. The molecule has 14 heavy (non-hydrogen) atoms. The maximum atomic E-state index is 10.7. The van der Waals surface area contributed by atoms with Crippen LogP contribution < -0.4 is 0 Å². The van der Waals surface area contributed by atoms with Crippen LogP contribution in [0.3, 0.4) is 0 Å². The summed E-state index contributed by atoms with van der Waals surface area (Å²) in [6.07, 6.45) is 4.45. The van der Waals surface area contributed by atoms with Crippen LogP contribution in [0.5, 0.6) is 0 Å². The van der Waals surface area contributed by atoms with Crippen molar-refractivity contribution in [2.45, 2.75) is 13.3 Å². The number of aromatic nitrogens is 1. The molecular formula is C9H10ClNO2S. The summed E-state index contributed by atoms with van der Waals surface area (Å²) in [5, 5.41) is 9.49. The summed E-state index contributed by atoms with van der Waals surface area (Å²) >= 11 is 6.67. The lowest BCUT2D eigenvalue weighted by Crippen LogP contribution is -1.94. The Morgan fingerprint density at radius 2 is 2.43 bits per heavy atom. The van der Waals surface area contributed by atoms with Crippen LogP contribution >= 0.6 is 22.9 Å². The number of aromatic carboxylic acids is 1. The fourth-order valence-electron chi connectivity index (χ4n) is 0.934. The molecule has 0 bridgehead atoms. The number of hydrogen-bond acceptors (Lipinski definition) is 3. The standard InChI is InChI=1S/C9H10ClNO2S/c1-6-8(9(12)13)14-7(11-6)4-2-3-5-10/h2,4H,3,5H2,1H3,(H,12,13). The van der Waals surface area contributed by atoms with Gasteiger partial charge in [0.2, 0.25) is 0 Å². The van der Waals surface area contributed by atoms with Crippen LogP contribution in [0.15, 0.2) is 6.08 Å². The Balaban J connectivity index is 2.81. The monoisotopic (exact) mass is 231 g/mol. The number of rotatable bonds is 4. The Labute approximate surface area is 91.1 Å². The molecular weight excluding hydrogens is 222 g/mol. The predicted molar refractivity (Wildman–Crippen MR) is 58.2 cm³/mol. The third-order valence-electron chi connectivity index (χ3n) is 1.54. The van der Waals surface area contributed by atoms with Gasteiger partial charge in [0.05, 0.1) is 5.69 Å². The zero-order valence-electron chi connectivity index (χ0n) is 7.66. The molecule has 1 heterocycles. The van der Waals surface area contributed by atoms with Gasteiger partial charge in [-0.3, -0.25) is 0 Å². The molecule has 0 spiro atoms. The number of aryl methyl sites for hydroxylation is 1. The molecule has 0 saturated carbocycles. The van der Waals surface area contributed by atoms with E-state index < -0.39 is 5.97 Å². The van der Waals surface area contributed by atoms with E-state index in [4.69, 9.17) is 16.7 Å². The van der Waals surface area contributed by atoms with Crippen LogP contribution in [0, 0.1) is 6.92 Å². The van der Waals surface area contributed by atoms with Crippen LogP contribution in [-0.4, -0.2) is 21.9 Å². The number of carboxylic acids is 1. The average Bonchev–Trinajstić information content (AvgIpc) is 2.47. The Bertz CT molecular complexity index is 360. The topological polar surface area (TPSA) is 50.2 Å². The van der Waals surface area contributed by atoms with E-state index in [0.717, 1.165) is 6.42 Å². The fraction of sp³-hybridized carbons (Fsp3) is 0.333. The quantitative estimate of drug-likeness (QED) is 0.811. The van der Waals surface area contributed by atoms with Gasteiger partial charge in [0.25, 0.3) is 0 Å². The molecule has 0 unspecified atom stereocenters. The van der Waals surface area contributed by atoms with Crippen molar-refractivity contribution in [1.82, 2.24) is 4.98 Å². The highest BCUT2D eigenvalue weighted by Gasteiger charge is 2.11. The van der Waals surface area contributed by atoms with Gasteiger partial charge in [-0.2, -0.15) is 0 Å². The highest BCUT2D eigenvalue weighted by molar-refractivity contribution is 7.14. The number of allylic oxidation sites excluding steroid dienone is 1. The second-order valence-corrected chi connectivity index (χ2v) is 4.06. The molecule has 1 rings (SSSR count). The average molecular weight is 232 g/mol. The molecule has 0 aromatic carbocycles. The first-order valence-electron chi connectivity index (χ1n) is 4.08. The largest absolute Gasteiger partial charge is 0.477 e. The lowest BCUT2D eigenvalue weighted by Gasteiger charge is -1.84. The predicted octanol–water partition coefficient (Wildman–Crippen LogP) is 2.79. The van der Waals surface area contributed by atoms with Crippen molar-refractivity contribution < 1.29 is 9.90 Å². The van der Waals surface area contributed by atoms with E-state index in [2.05, 4.69) is 4.98 Å². The van der Waals surface area contributed by atoms with E-state index >= 15 is 0 Å². The summed E-state index contributed by atoms with van der Waals surface area (Å²) in [6, 6.07) is 0. The van der Waals surface area contributed by atoms with E-state index in [9.17, 15) is 4.79 Å². The number of halogens is 1. The Kier molecular flexibility index (Phi) is 4.10. The molecule has 1 N–H and O–H groups in total. The first-order valence-corrected chi connectivity index (χ1v) is 5.43. The summed E-state index contributed by atoms with van der Waals surface area (Å²) in [4.78, 5) is 15.1. The fourth-order valence-corrected chi connectivity index (χ4v) is 1.90. The smallest absolute Gasteiger partial charge is 0.347 e. The molecule has 0 radical (unpaired) electrons. The molecule has 0 aliphatic heterocycles. The molecule has 0 aliphatic carbocycles. The number of carboxylic acid groups (broad SMARTS) is 1. The normalized spacial score (nSPS) is 11.0. The lowest BCUT2D eigenvalue weighted by molar-refractivity contribution is 0.0701. The van der Waals surface area contributed by atoms with Crippen molar-refractivity contribution in [3.8, 4) is 0 Å². The number of thiazole rings is 1. The van der Waals surface area contributed by atoms with Crippen LogP contribution in [0.4, 0.5) is 0 Å². The Hall–Kier alpha value is -0.870. The lowest BCUT2D eigenvalue weighted by atomic mass is 10.4. The second kappa shape index (κ2) is 5.12. The van der Waals surface area contributed by atoms with Crippen LogP contribution in [0.1, 0.15) is 26.8 Å². The Morgan fingerprint density at radius 3 is 2.93 bits per heavy atom. The van der Waals surface area contributed by atoms with E-state index in [1.54, 1.807) is 13.0 Å². The molecule has 1 aromatic heterocycles. The number of nitrogens with zero attached hydrogens (tertiary/aromatic N) is 1. The minimum Gasteiger partial charge on any atom is -0.477 e. The van der Waals surface area contributed by atoms with Crippen molar-refractivity contribution in [2.24, 2.45) is 0 Å². The van der Waals surface area contributed by atoms with Gasteiger partial charge in [0.15, 0.2) is 0 Å². The number of hydrogen-bond donors (Lipinski definition) is 1. The summed E-state index contributed by atoms with van der Waals surface area (Å²) in [5.74, 6) is -0.357. The molecule has 3 nitrogen and oxygen atoms in total. The van der Waals surface area contributed by atoms with Crippen LogP contribution in [0.2, 0.25) is 0 Å². The highest BCUT2D eigenvalue weighted by atomic mass is 35.5. The summed E-state index contributed by atoms with van der Waals surface area (Å²) < 4.78 is 0. The second-order valence-electron chi connectivity index (χ2n) is 2.65. The maximum Gasteiger partial charge on any atom is 0.347 e. The van der Waals surface area contributed by atoms with E-state index in [0.29, 0.717) is 21.5 Å². The molecule has 0 aliphatic rings. The number of carbonyl (C=O) groups is 1. The van der Waals surface area contributed by atoms with Gasteiger partial charge in [-0.1, -0.05) is 6.08 Å². The van der Waals surface area contributed by atoms with Crippen molar-refractivity contribution >= 4 is 35.0 Å². The van der Waals surface area contributed by atoms with Crippen LogP contribution in [-0.2, 0) is 0 Å². The minimum atomic E-state index is -0.919. The minimum absolute atomic E-state index is 0.301. The third kappa shape index (κ3) is 2.82. The summed E-state index contributed by atoms with van der Waals surface area (Å²) in [6.45, 7) is 1.69. The maximum absolute atomic E-state index is 10.7. The molecule has 5 heteroatoms.